The van der Waals surface area contributed by atoms with Crippen LogP contribution >= 0.6 is 11.8 Å². The first-order valence-corrected chi connectivity index (χ1v) is 5.47. The average Bonchev–Trinajstić information content (AvgIpc) is 2.26. The summed E-state index contributed by atoms with van der Waals surface area (Å²) >= 11 is 1.65. The molecule has 1 atom stereocenters. The van der Waals surface area contributed by atoms with Gasteiger partial charge in [-0.25, -0.2) is 0 Å². The quantitative estimate of drug-likeness (QED) is 0.552. The molecule has 0 bridgehead atoms. The van der Waals surface area contributed by atoms with Crippen molar-refractivity contribution < 1.29 is 9.53 Å². The topological polar surface area (TPSA) is 26.3 Å². The van der Waals surface area contributed by atoms with Crippen molar-refractivity contribution in [1.29, 1.82) is 0 Å². The molecule has 1 aromatic carbocycles. The minimum atomic E-state index is 0.0879. The number of carbonyl (C=O) groups excluding carboxylic acids is 1. The van der Waals surface area contributed by atoms with Crippen molar-refractivity contribution in [3.8, 4) is 5.75 Å². The molecule has 0 heterocycles. The smallest absolute Gasteiger partial charge is 0.132 e. The molecule has 1 rings (SSSR count). The lowest BCUT2D eigenvalue weighted by Gasteiger charge is -2.08. The molecule has 2 nitrogen and oxygen atoms in total. The third-order valence-corrected chi connectivity index (χ3v) is 3.14. The normalized spacial score (nSPS) is 12.1. The fourth-order valence-electron chi connectivity index (χ4n) is 0.999. The highest BCUT2D eigenvalue weighted by molar-refractivity contribution is 7.99. The fourth-order valence-corrected chi connectivity index (χ4v) is 1.99. The molecule has 0 aliphatic carbocycles. The number of ether oxygens (including phenoxy) is 1. The highest BCUT2D eigenvalue weighted by Crippen LogP contribution is 2.29. The Morgan fingerprint density at radius 3 is 2.86 bits per heavy atom. The largest absolute Gasteiger partial charge is 0.496 e. The Kier molecular flexibility index (Phi) is 4.53. The Balaban J connectivity index is 2.61. The molecule has 0 spiro atoms. The van der Waals surface area contributed by atoms with Crippen LogP contribution in [0.3, 0.4) is 0 Å². The fraction of sp³-hybridized carbons (Fsp3) is 0.364. The van der Waals surface area contributed by atoms with Gasteiger partial charge in [0.1, 0.15) is 12.0 Å². The van der Waals surface area contributed by atoms with Crippen molar-refractivity contribution in [3.63, 3.8) is 0 Å². The minimum absolute atomic E-state index is 0.0879. The van der Waals surface area contributed by atoms with E-state index in [9.17, 15) is 4.79 Å². The van der Waals surface area contributed by atoms with Gasteiger partial charge in [-0.2, -0.15) is 0 Å². The molecule has 0 aromatic heterocycles. The summed E-state index contributed by atoms with van der Waals surface area (Å²) in [5, 5.41) is 0. The Labute approximate surface area is 88.7 Å². The lowest BCUT2D eigenvalue weighted by atomic mass is 10.3. The molecule has 0 saturated carbocycles. The zero-order chi connectivity index (χ0) is 10.4. The standard InChI is InChI=1S/C11H14O2S/c1-9(7-12)8-14-11-6-4-3-5-10(11)13-2/h3-7,9H,8H2,1-2H3/t9-/m1/s1. The van der Waals surface area contributed by atoms with Crippen LogP contribution in [0.4, 0.5) is 0 Å². The molecule has 1 aromatic rings. The molecule has 0 N–H and O–H groups in total. The van der Waals surface area contributed by atoms with E-state index >= 15 is 0 Å². The van der Waals surface area contributed by atoms with E-state index in [0.29, 0.717) is 0 Å². The van der Waals surface area contributed by atoms with Gasteiger partial charge in [-0.05, 0) is 12.1 Å². The van der Waals surface area contributed by atoms with E-state index in [-0.39, 0.29) is 5.92 Å². The second-order valence-corrected chi connectivity index (χ2v) is 4.14. The third-order valence-electron chi connectivity index (χ3n) is 1.80. The maximum absolute atomic E-state index is 10.4. The number of thioether (sulfide) groups is 1. The number of benzene rings is 1. The Bertz CT molecular complexity index is 299. The summed E-state index contributed by atoms with van der Waals surface area (Å²) < 4.78 is 5.20. The molecular weight excluding hydrogens is 196 g/mol. The summed E-state index contributed by atoms with van der Waals surface area (Å²) in [4.78, 5) is 11.5. The van der Waals surface area contributed by atoms with Crippen LogP contribution in [-0.2, 0) is 4.79 Å². The predicted molar refractivity (Wildman–Crippen MR) is 58.9 cm³/mol. The molecule has 76 valence electrons. The summed E-state index contributed by atoms with van der Waals surface area (Å²) in [5.74, 6) is 1.75. The van der Waals surface area contributed by atoms with Gasteiger partial charge in [-0.15, -0.1) is 11.8 Å². The van der Waals surface area contributed by atoms with Crippen LogP contribution in [0.25, 0.3) is 0 Å². The summed E-state index contributed by atoms with van der Waals surface area (Å²) in [6, 6.07) is 7.83. The number of aldehydes is 1. The zero-order valence-corrected chi connectivity index (χ0v) is 9.21. The number of rotatable bonds is 5. The van der Waals surface area contributed by atoms with Gasteiger partial charge >= 0.3 is 0 Å². The molecule has 0 aliphatic rings. The van der Waals surface area contributed by atoms with Crippen LogP contribution in [0.5, 0.6) is 5.75 Å². The molecule has 0 fully saturated rings. The summed E-state index contributed by atoms with van der Waals surface area (Å²) in [7, 11) is 1.66. The lowest BCUT2D eigenvalue weighted by Crippen LogP contribution is -1.98. The van der Waals surface area contributed by atoms with Gasteiger partial charge in [0.05, 0.1) is 7.11 Å². The second-order valence-electron chi connectivity index (χ2n) is 3.08. The maximum Gasteiger partial charge on any atom is 0.132 e. The molecule has 0 aliphatic heterocycles. The lowest BCUT2D eigenvalue weighted by molar-refractivity contribution is -0.110. The number of hydrogen-bond donors (Lipinski definition) is 0. The van der Waals surface area contributed by atoms with Crippen LogP contribution in [-0.4, -0.2) is 19.1 Å². The van der Waals surface area contributed by atoms with Crippen molar-refractivity contribution in [1.82, 2.24) is 0 Å². The van der Waals surface area contributed by atoms with Crippen LogP contribution in [0.15, 0.2) is 29.2 Å². The highest BCUT2D eigenvalue weighted by atomic mass is 32.2. The van der Waals surface area contributed by atoms with Gasteiger partial charge in [0.15, 0.2) is 0 Å². The van der Waals surface area contributed by atoms with Crippen LogP contribution in [0.2, 0.25) is 0 Å². The predicted octanol–water partition coefficient (Wildman–Crippen LogP) is 2.62. The first-order valence-electron chi connectivity index (χ1n) is 4.49. The van der Waals surface area contributed by atoms with Gasteiger partial charge in [0, 0.05) is 16.6 Å². The van der Waals surface area contributed by atoms with E-state index in [1.807, 2.05) is 31.2 Å². The first kappa shape index (κ1) is 11.1. The van der Waals surface area contributed by atoms with Crippen LogP contribution in [0, 0.1) is 5.92 Å². The zero-order valence-electron chi connectivity index (χ0n) is 8.40. The molecule has 0 saturated heterocycles. The SMILES string of the molecule is COc1ccccc1SC[C@H](C)C=O. The van der Waals surface area contributed by atoms with Crippen molar-refractivity contribution >= 4 is 18.0 Å². The molecule has 14 heavy (non-hydrogen) atoms. The molecule has 0 amide bonds. The Morgan fingerprint density at radius 1 is 1.50 bits per heavy atom. The number of hydrogen-bond acceptors (Lipinski definition) is 3. The highest BCUT2D eigenvalue weighted by Gasteiger charge is 2.05. The number of carbonyl (C=O) groups is 1. The minimum Gasteiger partial charge on any atom is -0.496 e. The first-order chi connectivity index (χ1) is 6.77. The van der Waals surface area contributed by atoms with E-state index in [0.717, 1.165) is 22.7 Å². The molecule has 0 unspecified atom stereocenters. The summed E-state index contributed by atoms with van der Waals surface area (Å²) in [6.07, 6.45) is 0.975. The van der Waals surface area contributed by atoms with Gasteiger partial charge < -0.3 is 9.53 Å². The van der Waals surface area contributed by atoms with Crippen molar-refractivity contribution in [2.45, 2.75) is 11.8 Å². The molecule has 0 radical (unpaired) electrons. The second kappa shape index (κ2) is 5.70. The van der Waals surface area contributed by atoms with Gasteiger partial charge in [0.25, 0.3) is 0 Å². The van der Waals surface area contributed by atoms with Gasteiger partial charge in [-0.3, -0.25) is 0 Å². The van der Waals surface area contributed by atoms with E-state index < -0.39 is 0 Å². The van der Waals surface area contributed by atoms with Crippen molar-refractivity contribution in [3.05, 3.63) is 24.3 Å². The third kappa shape index (κ3) is 3.07. The van der Waals surface area contributed by atoms with Crippen LogP contribution in [0.1, 0.15) is 6.92 Å². The van der Waals surface area contributed by atoms with E-state index in [4.69, 9.17) is 4.74 Å². The molecule has 3 heteroatoms. The number of para-hydroxylation sites is 1. The Morgan fingerprint density at radius 2 is 2.21 bits per heavy atom. The Hall–Kier alpha value is -0.960. The van der Waals surface area contributed by atoms with Crippen LogP contribution < -0.4 is 4.74 Å². The number of methoxy groups -OCH3 is 1. The monoisotopic (exact) mass is 210 g/mol. The van der Waals surface area contributed by atoms with Gasteiger partial charge in [-0.1, -0.05) is 19.1 Å². The van der Waals surface area contributed by atoms with E-state index in [1.165, 1.54) is 0 Å². The molecular formula is C11H14O2S. The summed E-state index contributed by atoms with van der Waals surface area (Å²) in [5.41, 5.74) is 0. The van der Waals surface area contributed by atoms with Crippen molar-refractivity contribution in [2.24, 2.45) is 5.92 Å². The average molecular weight is 210 g/mol. The van der Waals surface area contributed by atoms with E-state index in [1.54, 1.807) is 18.9 Å². The van der Waals surface area contributed by atoms with E-state index in [2.05, 4.69) is 0 Å². The van der Waals surface area contributed by atoms with Crippen molar-refractivity contribution in [2.75, 3.05) is 12.9 Å². The summed E-state index contributed by atoms with van der Waals surface area (Å²) in [6.45, 7) is 1.91. The maximum atomic E-state index is 10.4. The van der Waals surface area contributed by atoms with Gasteiger partial charge in [0.2, 0.25) is 0 Å².